The Balaban J connectivity index is 1.94. The molecular weight excluding hydrogens is 282 g/mol. The second kappa shape index (κ2) is 5.65. The van der Waals surface area contributed by atoms with E-state index in [0.717, 1.165) is 18.7 Å². The van der Waals surface area contributed by atoms with E-state index in [1.165, 1.54) is 16.9 Å². The Morgan fingerprint density at radius 3 is 2.71 bits per heavy atom. The van der Waals surface area contributed by atoms with Gasteiger partial charge in [-0.15, -0.1) is 0 Å². The maximum atomic E-state index is 11.8. The summed E-state index contributed by atoms with van der Waals surface area (Å²) in [6.07, 6.45) is 1.79. The fraction of sp³-hybridized carbons (Fsp3) is 0.588. The molecule has 2 heterocycles. The zero-order valence-corrected chi connectivity index (χ0v) is 13.5. The highest BCUT2D eigenvalue weighted by Gasteiger charge is 2.43. The topological polar surface area (TPSA) is 40.5 Å². The first kappa shape index (κ1) is 14.9. The predicted molar refractivity (Wildman–Crippen MR) is 86.6 cm³/mol. The molecule has 4 heteroatoms. The van der Waals surface area contributed by atoms with Gasteiger partial charge in [0, 0.05) is 18.3 Å². The maximum Gasteiger partial charge on any atom is 0.321 e. The molecule has 0 amide bonds. The number of nitrogens with zero attached hydrogens (tertiary/aromatic N) is 1. The molecule has 1 aromatic rings. The van der Waals surface area contributed by atoms with Crippen molar-refractivity contribution in [3.63, 3.8) is 0 Å². The van der Waals surface area contributed by atoms with Crippen molar-refractivity contribution in [3.05, 3.63) is 35.4 Å². The summed E-state index contributed by atoms with van der Waals surface area (Å²) in [5, 5.41) is 9.69. The Morgan fingerprint density at radius 1 is 1.33 bits per heavy atom. The number of benzene rings is 1. The van der Waals surface area contributed by atoms with Crippen molar-refractivity contribution >= 4 is 17.7 Å². The van der Waals surface area contributed by atoms with Gasteiger partial charge in [-0.25, -0.2) is 0 Å². The number of fused-ring (bicyclic) bond motifs is 1. The van der Waals surface area contributed by atoms with Gasteiger partial charge < -0.3 is 5.11 Å². The lowest BCUT2D eigenvalue weighted by molar-refractivity contribution is -0.146. The number of carboxylic acids is 1. The van der Waals surface area contributed by atoms with Crippen molar-refractivity contribution in [1.29, 1.82) is 0 Å². The van der Waals surface area contributed by atoms with Crippen LogP contribution in [0.25, 0.3) is 0 Å². The fourth-order valence-corrected chi connectivity index (χ4v) is 5.27. The van der Waals surface area contributed by atoms with E-state index in [1.54, 1.807) is 0 Å². The lowest BCUT2D eigenvalue weighted by Crippen LogP contribution is -2.57. The molecule has 3 rings (SSSR count). The maximum absolute atomic E-state index is 11.8. The summed E-state index contributed by atoms with van der Waals surface area (Å²) in [5.41, 5.74) is 2.68. The van der Waals surface area contributed by atoms with Gasteiger partial charge in [0.15, 0.2) is 0 Å². The molecule has 0 saturated carbocycles. The zero-order chi connectivity index (χ0) is 15.0. The third-order valence-corrected chi connectivity index (χ3v) is 6.08. The molecule has 114 valence electrons. The third kappa shape index (κ3) is 2.84. The van der Waals surface area contributed by atoms with Gasteiger partial charge in [0.1, 0.15) is 6.04 Å². The average molecular weight is 305 g/mol. The smallest absolute Gasteiger partial charge is 0.321 e. The standard InChI is InChI=1S/C17H23NO2S/c1-17(2)7-8-21-11-15(17)18-10-13-6-4-3-5-12(13)9-14(18)16(19)20/h3-6,14-15H,7-11H2,1-2H3,(H,19,20). The van der Waals surface area contributed by atoms with Gasteiger partial charge in [-0.05, 0) is 35.1 Å². The Kier molecular flexibility index (Phi) is 4.02. The van der Waals surface area contributed by atoms with Crippen LogP contribution in [0.15, 0.2) is 24.3 Å². The van der Waals surface area contributed by atoms with Gasteiger partial charge in [0.05, 0.1) is 0 Å². The first-order chi connectivity index (χ1) is 9.99. The Labute approximate surface area is 130 Å². The first-order valence-electron chi connectivity index (χ1n) is 7.62. The monoisotopic (exact) mass is 305 g/mol. The molecule has 0 spiro atoms. The third-order valence-electron chi connectivity index (χ3n) is 5.04. The van der Waals surface area contributed by atoms with Crippen LogP contribution >= 0.6 is 11.8 Å². The van der Waals surface area contributed by atoms with Crippen molar-refractivity contribution in [2.24, 2.45) is 5.41 Å². The molecule has 1 fully saturated rings. The minimum absolute atomic E-state index is 0.186. The van der Waals surface area contributed by atoms with E-state index >= 15 is 0 Å². The van der Waals surface area contributed by atoms with E-state index in [2.05, 4.69) is 36.9 Å². The SMILES string of the molecule is CC1(C)CCSCC1N1Cc2ccccc2CC1C(=O)O. The van der Waals surface area contributed by atoms with E-state index in [0.29, 0.717) is 12.5 Å². The molecule has 0 aromatic heterocycles. The summed E-state index contributed by atoms with van der Waals surface area (Å²) in [7, 11) is 0. The Hall–Kier alpha value is -1.00. The number of hydrogen-bond acceptors (Lipinski definition) is 3. The van der Waals surface area contributed by atoms with Crippen LogP contribution in [-0.2, 0) is 17.8 Å². The molecular formula is C17H23NO2S. The van der Waals surface area contributed by atoms with Gasteiger partial charge in [-0.2, -0.15) is 11.8 Å². The molecule has 1 aromatic carbocycles. The van der Waals surface area contributed by atoms with Crippen molar-refractivity contribution in [3.8, 4) is 0 Å². The molecule has 1 N–H and O–H groups in total. The fourth-order valence-electron chi connectivity index (χ4n) is 3.57. The highest BCUT2D eigenvalue weighted by molar-refractivity contribution is 7.99. The van der Waals surface area contributed by atoms with E-state index in [-0.39, 0.29) is 11.5 Å². The largest absolute Gasteiger partial charge is 0.480 e. The van der Waals surface area contributed by atoms with Crippen LogP contribution in [0, 0.1) is 5.41 Å². The lowest BCUT2D eigenvalue weighted by Gasteiger charge is -2.48. The summed E-state index contributed by atoms with van der Waals surface area (Å²) in [4.78, 5) is 14.0. The highest BCUT2D eigenvalue weighted by atomic mass is 32.2. The van der Waals surface area contributed by atoms with Crippen LogP contribution in [0.4, 0.5) is 0 Å². The predicted octanol–water partition coefficient (Wildman–Crippen LogP) is 3.03. The molecule has 3 nitrogen and oxygen atoms in total. The minimum atomic E-state index is -0.684. The second-order valence-corrected chi connectivity index (χ2v) is 7.98. The summed E-state index contributed by atoms with van der Waals surface area (Å²) >= 11 is 1.96. The second-order valence-electron chi connectivity index (χ2n) is 6.83. The summed E-state index contributed by atoms with van der Waals surface area (Å²) in [6, 6.07) is 8.23. The summed E-state index contributed by atoms with van der Waals surface area (Å²) in [6.45, 7) is 5.34. The van der Waals surface area contributed by atoms with Crippen LogP contribution in [0.3, 0.4) is 0 Å². The van der Waals surface area contributed by atoms with E-state index in [9.17, 15) is 9.90 Å². The van der Waals surface area contributed by atoms with Crippen molar-refractivity contribution in [2.45, 2.75) is 45.3 Å². The lowest BCUT2D eigenvalue weighted by atomic mass is 9.79. The number of rotatable bonds is 2. The molecule has 2 atom stereocenters. The molecule has 2 unspecified atom stereocenters. The van der Waals surface area contributed by atoms with E-state index < -0.39 is 5.97 Å². The molecule has 2 aliphatic heterocycles. The molecule has 0 aliphatic carbocycles. The van der Waals surface area contributed by atoms with E-state index in [4.69, 9.17) is 0 Å². The van der Waals surface area contributed by atoms with Gasteiger partial charge >= 0.3 is 5.97 Å². The van der Waals surface area contributed by atoms with Gasteiger partial charge in [-0.3, -0.25) is 9.69 Å². The number of carbonyl (C=O) groups is 1. The van der Waals surface area contributed by atoms with Crippen LogP contribution < -0.4 is 0 Å². The molecule has 21 heavy (non-hydrogen) atoms. The molecule has 0 radical (unpaired) electrons. The Bertz CT molecular complexity index is 543. The van der Waals surface area contributed by atoms with E-state index in [1.807, 2.05) is 17.8 Å². The Morgan fingerprint density at radius 2 is 2.05 bits per heavy atom. The van der Waals surface area contributed by atoms with Gasteiger partial charge in [0.25, 0.3) is 0 Å². The number of aliphatic carboxylic acids is 1. The quantitative estimate of drug-likeness (QED) is 0.912. The molecule has 0 bridgehead atoms. The number of thioether (sulfide) groups is 1. The van der Waals surface area contributed by atoms with Crippen molar-refractivity contribution < 1.29 is 9.90 Å². The first-order valence-corrected chi connectivity index (χ1v) is 8.77. The number of carboxylic acid groups (broad SMARTS) is 1. The number of hydrogen-bond donors (Lipinski definition) is 1. The zero-order valence-electron chi connectivity index (χ0n) is 12.7. The van der Waals surface area contributed by atoms with Crippen molar-refractivity contribution in [2.75, 3.05) is 11.5 Å². The molecule has 2 aliphatic rings. The van der Waals surface area contributed by atoms with Crippen LogP contribution in [0.5, 0.6) is 0 Å². The average Bonchev–Trinajstić information content (AvgIpc) is 2.45. The van der Waals surface area contributed by atoms with Crippen LogP contribution in [0.2, 0.25) is 0 Å². The molecule has 1 saturated heterocycles. The van der Waals surface area contributed by atoms with Gasteiger partial charge in [-0.1, -0.05) is 38.1 Å². The summed E-state index contributed by atoms with van der Waals surface area (Å²) in [5.74, 6) is 1.54. The minimum Gasteiger partial charge on any atom is -0.480 e. The van der Waals surface area contributed by atoms with Crippen molar-refractivity contribution in [1.82, 2.24) is 4.90 Å². The van der Waals surface area contributed by atoms with Crippen LogP contribution in [0.1, 0.15) is 31.4 Å². The summed E-state index contributed by atoms with van der Waals surface area (Å²) < 4.78 is 0. The normalized spacial score (nSPS) is 28.9. The van der Waals surface area contributed by atoms with Gasteiger partial charge in [0.2, 0.25) is 0 Å². The van der Waals surface area contributed by atoms with Crippen LogP contribution in [-0.4, -0.2) is 39.6 Å². The highest BCUT2D eigenvalue weighted by Crippen LogP contribution is 2.40.